The number of rotatable bonds is 4. The number of halogens is 6. The molecule has 0 N–H and O–H groups in total. The van der Waals surface area contributed by atoms with Crippen molar-refractivity contribution in [3.63, 3.8) is 0 Å². The normalized spacial score (nSPS) is 10.8. The third-order valence-corrected chi connectivity index (χ3v) is 7.36. The second-order valence-electron chi connectivity index (χ2n) is 4.40. The van der Waals surface area contributed by atoms with E-state index in [9.17, 15) is 4.79 Å². The lowest BCUT2D eigenvalue weighted by Crippen LogP contribution is -2.05. The van der Waals surface area contributed by atoms with Crippen LogP contribution in [0.2, 0.25) is 10.0 Å². The first-order chi connectivity index (χ1) is 10.4. The van der Waals surface area contributed by atoms with Gasteiger partial charge >= 0.3 is 0 Å². The first-order valence-electron chi connectivity index (χ1n) is 6.02. The molecule has 0 radical (unpaired) electrons. The van der Waals surface area contributed by atoms with Gasteiger partial charge in [0.05, 0.1) is 10.0 Å². The number of benzene rings is 2. The molecule has 0 bridgehead atoms. The molecule has 0 aliphatic rings. The van der Waals surface area contributed by atoms with Crippen LogP contribution in [0.4, 0.5) is 0 Å². The van der Waals surface area contributed by atoms with E-state index >= 15 is 0 Å². The molecule has 2 rings (SSSR count). The Balaban J connectivity index is 2.54. The summed E-state index contributed by atoms with van der Waals surface area (Å²) in [5.74, 6) is -0.210. The Hall–Kier alpha value is 0.610. The largest absolute Gasteiger partial charge is 0.288 e. The van der Waals surface area contributed by atoms with Crippen molar-refractivity contribution < 1.29 is 4.79 Å². The Morgan fingerprint density at radius 2 is 1.18 bits per heavy atom. The summed E-state index contributed by atoms with van der Waals surface area (Å²) in [4.78, 5) is 12.8. The average Bonchev–Trinajstić information content (AvgIpc) is 2.52. The molecule has 2 aromatic carbocycles. The molecule has 0 spiro atoms. The quantitative estimate of drug-likeness (QED) is 0.264. The Bertz CT molecular complexity index is 685. The topological polar surface area (TPSA) is 17.1 Å². The summed E-state index contributed by atoms with van der Waals surface area (Å²) < 4.78 is 1.42. The van der Waals surface area contributed by atoms with Crippen LogP contribution in [0.25, 0.3) is 0 Å². The molecule has 0 aliphatic carbocycles. The van der Waals surface area contributed by atoms with E-state index in [1.807, 2.05) is 12.1 Å². The third kappa shape index (κ3) is 3.65. The molecule has 22 heavy (non-hydrogen) atoms. The summed E-state index contributed by atoms with van der Waals surface area (Å²) in [6.07, 6.45) is 0. The summed E-state index contributed by atoms with van der Waals surface area (Å²) in [7, 11) is 0. The summed E-state index contributed by atoms with van der Waals surface area (Å²) in [5, 5.41) is 2.07. The van der Waals surface area contributed by atoms with E-state index in [0.29, 0.717) is 40.8 Å². The first kappa shape index (κ1) is 18.9. The minimum Gasteiger partial charge on any atom is -0.288 e. The van der Waals surface area contributed by atoms with Crippen LogP contribution in [0.3, 0.4) is 0 Å². The minimum atomic E-state index is -0.210. The lowest BCUT2D eigenvalue weighted by atomic mass is 10.0. The molecule has 0 unspecified atom stereocenters. The molecule has 0 fully saturated rings. The van der Waals surface area contributed by atoms with Gasteiger partial charge in [0.15, 0.2) is 5.78 Å². The van der Waals surface area contributed by atoms with Crippen LogP contribution in [-0.2, 0) is 10.7 Å². The van der Waals surface area contributed by atoms with Crippen molar-refractivity contribution in [2.75, 3.05) is 0 Å². The van der Waals surface area contributed by atoms with Gasteiger partial charge in [0.2, 0.25) is 0 Å². The Kier molecular flexibility index (Phi) is 7.00. The van der Waals surface area contributed by atoms with Gasteiger partial charge in [0, 0.05) is 30.7 Å². The number of hydrogen-bond acceptors (Lipinski definition) is 1. The van der Waals surface area contributed by atoms with Crippen molar-refractivity contribution >= 4 is 92.7 Å². The van der Waals surface area contributed by atoms with E-state index in [4.69, 9.17) is 23.2 Å². The fourth-order valence-electron chi connectivity index (χ4n) is 1.88. The van der Waals surface area contributed by atoms with Gasteiger partial charge in [0.25, 0.3) is 0 Å². The van der Waals surface area contributed by atoms with Crippen LogP contribution in [0.1, 0.15) is 27.0 Å². The van der Waals surface area contributed by atoms with Crippen LogP contribution >= 0.6 is 86.9 Å². The van der Waals surface area contributed by atoms with Crippen molar-refractivity contribution in [1.82, 2.24) is 0 Å². The molecule has 0 saturated carbocycles. The number of hydrogen-bond donors (Lipinski definition) is 0. The van der Waals surface area contributed by atoms with Gasteiger partial charge in [-0.2, -0.15) is 0 Å². The van der Waals surface area contributed by atoms with Crippen molar-refractivity contribution in [1.29, 1.82) is 0 Å². The van der Waals surface area contributed by atoms with Crippen LogP contribution in [0.5, 0.6) is 0 Å². The summed E-state index contributed by atoms with van der Waals surface area (Å²) in [5.41, 5.74) is 2.78. The van der Waals surface area contributed by atoms with Gasteiger partial charge in [-0.1, -0.05) is 67.2 Å². The lowest BCUT2D eigenvalue weighted by Gasteiger charge is -2.11. The fourth-order valence-corrected chi connectivity index (χ4v) is 5.08. The van der Waals surface area contributed by atoms with Gasteiger partial charge in [-0.15, -0.1) is 0 Å². The Labute approximate surface area is 172 Å². The van der Waals surface area contributed by atoms with Crippen LogP contribution in [0.15, 0.2) is 33.2 Å². The summed E-state index contributed by atoms with van der Waals surface area (Å²) >= 11 is 26.3. The average molecular weight is 595 g/mol. The van der Waals surface area contributed by atoms with Crippen LogP contribution in [0, 0.1) is 0 Å². The predicted octanol–water partition coefficient (Wildman–Crippen LogP) is 7.54. The molecular weight excluding hydrogens is 587 g/mol. The molecule has 116 valence electrons. The molecule has 0 atom stereocenters. The minimum absolute atomic E-state index is 0.210. The molecule has 2 aromatic rings. The highest BCUT2D eigenvalue weighted by molar-refractivity contribution is 9.11. The zero-order valence-corrected chi connectivity index (χ0v) is 18.8. The van der Waals surface area contributed by atoms with E-state index in [-0.39, 0.29) is 5.78 Å². The second kappa shape index (κ2) is 8.13. The van der Waals surface area contributed by atoms with Crippen LogP contribution < -0.4 is 0 Å². The van der Waals surface area contributed by atoms with Crippen molar-refractivity contribution in [3.05, 3.63) is 65.5 Å². The number of alkyl halides is 2. The van der Waals surface area contributed by atoms with Crippen LogP contribution in [-0.4, -0.2) is 5.78 Å². The zero-order chi connectivity index (χ0) is 16.4. The molecule has 0 aromatic heterocycles. The molecule has 1 nitrogen and oxygen atoms in total. The van der Waals surface area contributed by atoms with E-state index < -0.39 is 0 Å². The lowest BCUT2D eigenvalue weighted by molar-refractivity contribution is 0.103. The molecule has 0 amide bonds. The standard InChI is InChI=1S/C15H8Br4Cl2O/c16-5-7-1-3-9(13(20)11(7)18)15(22)10-4-2-8(6-17)12(19)14(10)21/h1-4H,5-6H2. The van der Waals surface area contributed by atoms with Gasteiger partial charge in [-0.05, 0) is 55.1 Å². The van der Waals surface area contributed by atoms with Crippen molar-refractivity contribution in [2.24, 2.45) is 0 Å². The molecule has 0 heterocycles. The summed E-state index contributed by atoms with van der Waals surface area (Å²) in [6.45, 7) is 0. The smallest absolute Gasteiger partial charge is 0.196 e. The maximum absolute atomic E-state index is 12.8. The predicted molar refractivity (Wildman–Crippen MR) is 107 cm³/mol. The highest BCUT2D eigenvalue weighted by Gasteiger charge is 2.20. The molecular formula is C15H8Br4Cl2O. The van der Waals surface area contributed by atoms with Crippen molar-refractivity contribution in [2.45, 2.75) is 10.7 Å². The Morgan fingerprint density at radius 1 is 0.818 bits per heavy atom. The highest BCUT2D eigenvalue weighted by Crippen LogP contribution is 2.36. The second-order valence-corrected chi connectivity index (χ2v) is 7.86. The van der Waals surface area contributed by atoms with E-state index in [0.717, 1.165) is 11.1 Å². The van der Waals surface area contributed by atoms with Gasteiger partial charge in [-0.3, -0.25) is 4.79 Å². The van der Waals surface area contributed by atoms with Gasteiger partial charge < -0.3 is 0 Å². The highest BCUT2D eigenvalue weighted by atomic mass is 79.9. The zero-order valence-electron chi connectivity index (χ0n) is 10.9. The number of carbonyl (C=O) groups excluding carboxylic acids is 1. The maximum atomic E-state index is 12.8. The van der Waals surface area contributed by atoms with Crippen molar-refractivity contribution in [3.8, 4) is 0 Å². The SMILES string of the molecule is O=C(c1ccc(CBr)c(Br)c1Cl)c1ccc(CBr)c(Br)c1Cl. The third-order valence-electron chi connectivity index (χ3n) is 3.10. The molecule has 0 saturated heterocycles. The van der Waals surface area contributed by atoms with E-state index in [1.54, 1.807) is 12.1 Å². The van der Waals surface area contributed by atoms with E-state index in [2.05, 4.69) is 63.7 Å². The van der Waals surface area contributed by atoms with E-state index in [1.165, 1.54) is 0 Å². The monoisotopic (exact) mass is 590 g/mol. The number of carbonyl (C=O) groups is 1. The molecule has 0 aliphatic heterocycles. The summed E-state index contributed by atoms with van der Waals surface area (Å²) in [6, 6.07) is 7.14. The molecule has 7 heteroatoms. The Morgan fingerprint density at radius 3 is 1.50 bits per heavy atom. The van der Waals surface area contributed by atoms with Gasteiger partial charge in [-0.25, -0.2) is 0 Å². The fraction of sp³-hybridized carbons (Fsp3) is 0.133. The number of ketones is 1. The van der Waals surface area contributed by atoms with Gasteiger partial charge in [0.1, 0.15) is 0 Å². The maximum Gasteiger partial charge on any atom is 0.196 e. The first-order valence-corrected chi connectivity index (χ1v) is 10.6.